The first kappa shape index (κ1) is 17.7. The van der Waals surface area contributed by atoms with E-state index in [1.165, 1.54) is 7.05 Å². The summed E-state index contributed by atoms with van der Waals surface area (Å²) in [5.74, 6) is 0.214. The van der Waals surface area contributed by atoms with Crippen molar-refractivity contribution < 1.29 is 17.9 Å². The number of sulfonamides is 1. The first-order chi connectivity index (χ1) is 11.4. The first-order valence-electron chi connectivity index (χ1n) is 7.19. The van der Waals surface area contributed by atoms with Crippen LogP contribution in [0.2, 0.25) is 0 Å². The molecule has 0 aliphatic carbocycles. The van der Waals surface area contributed by atoms with Crippen LogP contribution in [0.1, 0.15) is 5.69 Å². The average Bonchev–Trinajstić information content (AvgIpc) is 2.58. The van der Waals surface area contributed by atoms with Gasteiger partial charge in [0, 0.05) is 13.2 Å². The molecule has 1 aromatic carbocycles. The largest absolute Gasteiger partial charge is 0.484 e. The summed E-state index contributed by atoms with van der Waals surface area (Å²) < 4.78 is 29.5. The van der Waals surface area contributed by atoms with Crippen molar-refractivity contribution in [1.82, 2.24) is 10.3 Å². The van der Waals surface area contributed by atoms with Gasteiger partial charge in [0.15, 0.2) is 6.61 Å². The number of ether oxygens (including phenoxy) is 1. The maximum Gasteiger partial charge on any atom is 0.258 e. The van der Waals surface area contributed by atoms with Crippen molar-refractivity contribution in [2.75, 3.05) is 24.2 Å². The molecule has 0 aliphatic heterocycles. The van der Waals surface area contributed by atoms with Crippen LogP contribution in [0.3, 0.4) is 0 Å². The van der Waals surface area contributed by atoms with Crippen LogP contribution in [0.25, 0.3) is 0 Å². The minimum atomic E-state index is -3.31. The van der Waals surface area contributed by atoms with Gasteiger partial charge in [-0.2, -0.15) is 0 Å². The molecule has 128 valence electrons. The number of hydrogen-bond donors (Lipinski definition) is 1. The predicted octanol–water partition coefficient (Wildman–Crippen LogP) is 1.17. The number of rotatable bonds is 7. The van der Waals surface area contributed by atoms with Crippen molar-refractivity contribution in [3.63, 3.8) is 0 Å². The third-order valence-electron chi connectivity index (χ3n) is 3.26. The van der Waals surface area contributed by atoms with Gasteiger partial charge in [0.25, 0.3) is 5.91 Å². The van der Waals surface area contributed by atoms with E-state index in [-0.39, 0.29) is 12.5 Å². The number of carbonyl (C=O) groups excluding carboxylic acids is 1. The molecule has 0 radical (unpaired) electrons. The molecule has 0 unspecified atom stereocenters. The normalized spacial score (nSPS) is 10.9. The third kappa shape index (κ3) is 5.24. The highest BCUT2D eigenvalue weighted by Crippen LogP contribution is 2.20. The molecule has 7 nitrogen and oxygen atoms in total. The molecular weight excluding hydrogens is 330 g/mol. The van der Waals surface area contributed by atoms with Crippen molar-refractivity contribution >= 4 is 21.6 Å². The monoisotopic (exact) mass is 349 g/mol. The van der Waals surface area contributed by atoms with E-state index in [9.17, 15) is 13.2 Å². The second kappa shape index (κ2) is 7.78. The Labute approximate surface area is 141 Å². The van der Waals surface area contributed by atoms with Crippen molar-refractivity contribution in [2.24, 2.45) is 0 Å². The molecule has 2 aromatic rings. The van der Waals surface area contributed by atoms with Crippen LogP contribution in [0.5, 0.6) is 5.75 Å². The van der Waals surface area contributed by atoms with E-state index in [1.807, 2.05) is 12.1 Å². The predicted molar refractivity (Wildman–Crippen MR) is 91.3 cm³/mol. The van der Waals surface area contributed by atoms with Crippen molar-refractivity contribution in [2.45, 2.75) is 6.54 Å². The van der Waals surface area contributed by atoms with Crippen molar-refractivity contribution in [3.05, 3.63) is 54.4 Å². The van der Waals surface area contributed by atoms with E-state index in [0.717, 1.165) is 16.3 Å². The Bertz CT molecular complexity index is 777. The van der Waals surface area contributed by atoms with Gasteiger partial charge < -0.3 is 10.1 Å². The molecule has 8 heteroatoms. The van der Waals surface area contributed by atoms with Gasteiger partial charge >= 0.3 is 0 Å². The molecule has 24 heavy (non-hydrogen) atoms. The number of amides is 1. The molecule has 0 atom stereocenters. The van der Waals surface area contributed by atoms with Crippen LogP contribution >= 0.6 is 0 Å². The second-order valence-corrected chi connectivity index (χ2v) is 7.12. The lowest BCUT2D eigenvalue weighted by Crippen LogP contribution is -2.28. The molecular formula is C16H19N3O4S. The van der Waals surface area contributed by atoms with E-state index in [4.69, 9.17) is 4.74 Å². The zero-order valence-electron chi connectivity index (χ0n) is 13.5. The molecule has 0 spiro atoms. The fourth-order valence-corrected chi connectivity index (χ4v) is 2.34. The molecule has 1 amide bonds. The van der Waals surface area contributed by atoms with Gasteiger partial charge in [0.1, 0.15) is 5.75 Å². The second-order valence-electron chi connectivity index (χ2n) is 5.11. The summed E-state index contributed by atoms with van der Waals surface area (Å²) in [5.41, 5.74) is 1.28. The number of nitrogens with zero attached hydrogens (tertiary/aromatic N) is 2. The lowest BCUT2D eigenvalue weighted by Gasteiger charge is -2.16. The highest BCUT2D eigenvalue weighted by molar-refractivity contribution is 7.92. The minimum absolute atomic E-state index is 0.131. The number of pyridine rings is 1. The van der Waals surface area contributed by atoms with Gasteiger partial charge in [-0.15, -0.1) is 0 Å². The smallest absolute Gasteiger partial charge is 0.258 e. The van der Waals surface area contributed by atoms with E-state index in [2.05, 4.69) is 10.3 Å². The quantitative estimate of drug-likeness (QED) is 0.811. The number of aromatic nitrogens is 1. The number of anilines is 1. The Kier molecular flexibility index (Phi) is 5.75. The number of hydrogen-bond acceptors (Lipinski definition) is 5. The van der Waals surface area contributed by atoms with Gasteiger partial charge in [0.05, 0.1) is 24.2 Å². The Morgan fingerprint density at radius 1 is 1.21 bits per heavy atom. The van der Waals surface area contributed by atoms with Crippen molar-refractivity contribution in [1.29, 1.82) is 0 Å². The van der Waals surface area contributed by atoms with Crippen LogP contribution < -0.4 is 14.4 Å². The van der Waals surface area contributed by atoms with E-state index >= 15 is 0 Å². The fourth-order valence-electron chi connectivity index (χ4n) is 1.84. The van der Waals surface area contributed by atoms with Gasteiger partial charge in [-0.3, -0.25) is 14.1 Å². The Balaban J connectivity index is 1.83. The molecule has 1 heterocycles. The highest BCUT2D eigenvalue weighted by Gasteiger charge is 2.11. The molecule has 2 rings (SSSR count). The zero-order valence-corrected chi connectivity index (χ0v) is 14.3. The van der Waals surface area contributed by atoms with Crippen LogP contribution in [-0.4, -0.2) is 39.2 Å². The van der Waals surface area contributed by atoms with Crippen LogP contribution in [0, 0.1) is 0 Å². The topological polar surface area (TPSA) is 88.6 Å². The lowest BCUT2D eigenvalue weighted by atomic mass is 10.3. The Morgan fingerprint density at radius 2 is 1.92 bits per heavy atom. The molecule has 0 saturated carbocycles. The molecule has 0 aliphatic rings. The number of nitrogens with one attached hydrogen (secondary N) is 1. The summed E-state index contributed by atoms with van der Waals surface area (Å²) in [6.45, 7) is 0.204. The summed E-state index contributed by atoms with van der Waals surface area (Å²) in [4.78, 5) is 15.9. The molecule has 1 aromatic heterocycles. The summed E-state index contributed by atoms with van der Waals surface area (Å²) in [6, 6.07) is 11.9. The molecule has 0 fully saturated rings. The highest BCUT2D eigenvalue weighted by atomic mass is 32.2. The van der Waals surface area contributed by atoms with Gasteiger partial charge in [-0.25, -0.2) is 8.42 Å². The van der Waals surface area contributed by atoms with Crippen LogP contribution in [-0.2, 0) is 21.4 Å². The summed E-state index contributed by atoms with van der Waals surface area (Å²) in [5, 5.41) is 2.70. The van der Waals surface area contributed by atoms with Gasteiger partial charge in [0.2, 0.25) is 10.0 Å². The summed E-state index contributed by atoms with van der Waals surface area (Å²) in [6.07, 6.45) is 2.79. The van der Waals surface area contributed by atoms with Crippen molar-refractivity contribution in [3.8, 4) is 5.75 Å². The zero-order chi connectivity index (χ0) is 17.6. The molecule has 0 bridgehead atoms. The summed E-state index contributed by atoms with van der Waals surface area (Å²) >= 11 is 0. The minimum Gasteiger partial charge on any atom is -0.484 e. The molecule has 0 saturated heterocycles. The summed E-state index contributed by atoms with van der Waals surface area (Å²) in [7, 11) is -1.84. The Morgan fingerprint density at radius 3 is 2.50 bits per heavy atom. The van der Waals surface area contributed by atoms with Crippen LogP contribution in [0.15, 0.2) is 48.7 Å². The van der Waals surface area contributed by atoms with Gasteiger partial charge in [-0.1, -0.05) is 6.07 Å². The van der Waals surface area contributed by atoms with E-state index in [1.54, 1.807) is 36.5 Å². The molecule has 1 N–H and O–H groups in total. The maximum absolute atomic E-state index is 11.7. The standard InChI is InChI=1S/C16H19N3O4S/c1-19(24(2,21)22)14-6-8-15(9-7-14)23-12-16(20)18-11-13-5-3-4-10-17-13/h3-10H,11-12H2,1-2H3,(H,18,20). The lowest BCUT2D eigenvalue weighted by molar-refractivity contribution is -0.123. The number of carbonyl (C=O) groups is 1. The van der Waals surface area contributed by atoms with E-state index in [0.29, 0.717) is 18.0 Å². The Hall–Kier alpha value is -2.61. The maximum atomic E-state index is 11.7. The average molecular weight is 349 g/mol. The third-order valence-corrected chi connectivity index (χ3v) is 4.47. The first-order valence-corrected chi connectivity index (χ1v) is 9.04. The number of benzene rings is 1. The van der Waals surface area contributed by atoms with Crippen LogP contribution in [0.4, 0.5) is 5.69 Å². The SMILES string of the molecule is CN(c1ccc(OCC(=O)NCc2ccccn2)cc1)S(C)(=O)=O. The fraction of sp³-hybridized carbons (Fsp3) is 0.250. The van der Waals surface area contributed by atoms with Gasteiger partial charge in [-0.05, 0) is 36.4 Å². The van der Waals surface area contributed by atoms with E-state index < -0.39 is 10.0 Å².